The fourth-order valence-electron chi connectivity index (χ4n) is 2.79. The van der Waals surface area contributed by atoms with E-state index in [1.54, 1.807) is 34.9 Å². The molecule has 0 fully saturated rings. The normalized spacial score (nSPS) is 11.0. The largest absolute Gasteiger partial charge is 0.349 e. The molecule has 0 radical (unpaired) electrons. The van der Waals surface area contributed by atoms with E-state index in [0.29, 0.717) is 12.1 Å². The Hall–Kier alpha value is -3.26. The number of para-hydroxylation sites is 1. The minimum Gasteiger partial charge on any atom is -0.349 e. The van der Waals surface area contributed by atoms with Gasteiger partial charge in [0.1, 0.15) is 5.82 Å². The van der Waals surface area contributed by atoms with Crippen LogP contribution < -0.4 is 10.6 Å². The summed E-state index contributed by atoms with van der Waals surface area (Å²) in [6.45, 7) is 1.34. The Morgan fingerprint density at radius 2 is 1.86 bits per heavy atom. The van der Waals surface area contributed by atoms with Gasteiger partial charge in [0.2, 0.25) is 5.82 Å². The van der Waals surface area contributed by atoms with Crippen LogP contribution in [0, 0.1) is 5.82 Å². The van der Waals surface area contributed by atoms with Gasteiger partial charge in [0, 0.05) is 12.7 Å². The van der Waals surface area contributed by atoms with E-state index in [1.165, 1.54) is 18.2 Å². The molecule has 1 aromatic carbocycles. The number of amides is 2. The van der Waals surface area contributed by atoms with Crippen molar-refractivity contribution in [3.63, 3.8) is 0 Å². The molecule has 2 aromatic heterocycles. The van der Waals surface area contributed by atoms with Gasteiger partial charge in [0.05, 0.1) is 11.2 Å². The lowest BCUT2D eigenvalue weighted by Crippen LogP contribution is -2.28. The molecule has 8 heteroatoms. The van der Waals surface area contributed by atoms with E-state index in [0.717, 1.165) is 13.0 Å². The Labute approximate surface area is 162 Å². The third-order valence-electron chi connectivity index (χ3n) is 4.16. The van der Waals surface area contributed by atoms with Crippen molar-refractivity contribution < 1.29 is 14.0 Å². The van der Waals surface area contributed by atoms with Crippen LogP contribution in [0.15, 0.2) is 48.7 Å². The van der Waals surface area contributed by atoms with Crippen molar-refractivity contribution in [2.45, 2.75) is 6.42 Å². The fourth-order valence-corrected chi connectivity index (χ4v) is 2.79. The molecule has 2 heterocycles. The standard InChI is InChI=1S/C20H22FN5O2/c1-25(2)12-7-11-22-20(28)18-24-17(16-10-5-6-13-26(16)18)19(27)23-15-9-4-3-8-14(15)21/h3-6,8-10,13H,7,11-12H2,1-2H3,(H,22,28)(H,23,27). The van der Waals surface area contributed by atoms with E-state index < -0.39 is 11.7 Å². The quantitative estimate of drug-likeness (QED) is 0.614. The number of anilines is 1. The molecule has 28 heavy (non-hydrogen) atoms. The zero-order valence-electron chi connectivity index (χ0n) is 15.8. The van der Waals surface area contributed by atoms with Gasteiger partial charge in [-0.05, 0) is 51.3 Å². The number of hydrogen-bond acceptors (Lipinski definition) is 4. The summed E-state index contributed by atoms with van der Waals surface area (Å²) in [5.41, 5.74) is 0.580. The number of nitrogens with zero attached hydrogens (tertiary/aromatic N) is 3. The molecule has 3 aromatic rings. The van der Waals surface area contributed by atoms with Crippen molar-refractivity contribution >= 4 is 23.0 Å². The average Bonchev–Trinajstić information content (AvgIpc) is 3.07. The SMILES string of the molecule is CN(C)CCCNC(=O)c1nc(C(=O)Nc2ccccc2F)c2ccccn12. The Balaban J connectivity index is 1.83. The number of hydrogen-bond donors (Lipinski definition) is 2. The summed E-state index contributed by atoms with van der Waals surface area (Å²) in [5.74, 6) is -1.39. The molecule has 0 aliphatic rings. The first-order valence-electron chi connectivity index (χ1n) is 8.93. The first kappa shape index (κ1) is 19.5. The van der Waals surface area contributed by atoms with Crippen molar-refractivity contribution in [3.8, 4) is 0 Å². The minimum absolute atomic E-state index is 0.0549. The zero-order chi connectivity index (χ0) is 20.1. The second kappa shape index (κ2) is 8.62. The summed E-state index contributed by atoms with van der Waals surface area (Å²) < 4.78 is 15.4. The van der Waals surface area contributed by atoms with E-state index in [1.807, 2.05) is 19.0 Å². The minimum atomic E-state index is -0.583. The number of rotatable bonds is 7. The fraction of sp³-hybridized carbons (Fsp3) is 0.250. The van der Waals surface area contributed by atoms with Crippen molar-refractivity contribution in [1.29, 1.82) is 0 Å². The third kappa shape index (κ3) is 4.34. The van der Waals surface area contributed by atoms with Crippen molar-refractivity contribution in [1.82, 2.24) is 19.6 Å². The Morgan fingerprint density at radius 3 is 2.61 bits per heavy atom. The van der Waals surface area contributed by atoms with Gasteiger partial charge in [-0.25, -0.2) is 9.37 Å². The van der Waals surface area contributed by atoms with Crippen LogP contribution in [-0.4, -0.2) is 53.3 Å². The summed E-state index contributed by atoms with van der Waals surface area (Å²) in [4.78, 5) is 31.5. The molecule has 0 saturated heterocycles. The van der Waals surface area contributed by atoms with Crippen LogP contribution in [0.2, 0.25) is 0 Å². The maximum Gasteiger partial charge on any atom is 0.287 e. The molecule has 0 atom stereocenters. The molecule has 7 nitrogen and oxygen atoms in total. The van der Waals surface area contributed by atoms with E-state index in [-0.39, 0.29) is 23.1 Å². The van der Waals surface area contributed by atoms with Gasteiger partial charge < -0.3 is 15.5 Å². The average molecular weight is 383 g/mol. The molecule has 0 saturated carbocycles. The zero-order valence-corrected chi connectivity index (χ0v) is 15.8. The van der Waals surface area contributed by atoms with E-state index in [4.69, 9.17) is 0 Å². The molecule has 0 unspecified atom stereocenters. The number of carbonyl (C=O) groups is 2. The molecule has 0 spiro atoms. The van der Waals surface area contributed by atoms with Gasteiger partial charge in [-0.3, -0.25) is 14.0 Å². The second-order valence-electron chi connectivity index (χ2n) is 6.59. The van der Waals surface area contributed by atoms with Crippen molar-refractivity contribution in [2.75, 3.05) is 32.5 Å². The Kier molecular flexibility index (Phi) is 6.00. The maximum absolute atomic E-state index is 13.8. The molecule has 3 rings (SSSR count). The molecule has 0 aliphatic heterocycles. The van der Waals surface area contributed by atoms with Gasteiger partial charge in [-0.2, -0.15) is 0 Å². The Bertz CT molecular complexity index is 999. The second-order valence-corrected chi connectivity index (χ2v) is 6.59. The number of halogens is 1. The van der Waals surface area contributed by atoms with Crippen LogP contribution in [0.1, 0.15) is 27.5 Å². The lowest BCUT2D eigenvalue weighted by molar-refractivity contribution is 0.0941. The Morgan fingerprint density at radius 1 is 1.11 bits per heavy atom. The van der Waals surface area contributed by atoms with Gasteiger partial charge in [0.25, 0.3) is 11.8 Å². The van der Waals surface area contributed by atoms with Crippen LogP contribution >= 0.6 is 0 Å². The highest BCUT2D eigenvalue weighted by atomic mass is 19.1. The molecule has 0 aliphatic carbocycles. The predicted octanol–water partition coefficient (Wildman–Crippen LogP) is 2.41. The summed E-state index contributed by atoms with van der Waals surface area (Å²) in [7, 11) is 3.93. The van der Waals surface area contributed by atoms with E-state index in [9.17, 15) is 14.0 Å². The molecule has 2 amide bonds. The number of benzene rings is 1. The van der Waals surface area contributed by atoms with Gasteiger partial charge >= 0.3 is 0 Å². The van der Waals surface area contributed by atoms with E-state index in [2.05, 4.69) is 15.6 Å². The summed E-state index contributed by atoms with van der Waals surface area (Å²) in [6.07, 6.45) is 2.46. The molecular formula is C20H22FN5O2. The molecule has 2 N–H and O–H groups in total. The number of aromatic nitrogens is 2. The number of fused-ring (bicyclic) bond motifs is 1. The molecule has 146 valence electrons. The van der Waals surface area contributed by atoms with Gasteiger partial charge in [-0.1, -0.05) is 18.2 Å². The van der Waals surface area contributed by atoms with Crippen molar-refractivity contribution in [2.24, 2.45) is 0 Å². The molecule has 0 bridgehead atoms. The monoisotopic (exact) mass is 383 g/mol. The predicted molar refractivity (Wildman–Crippen MR) is 105 cm³/mol. The van der Waals surface area contributed by atoms with Gasteiger partial charge in [0.15, 0.2) is 5.69 Å². The summed E-state index contributed by atoms with van der Waals surface area (Å²) in [5, 5.41) is 5.33. The number of imidazole rings is 1. The lowest BCUT2D eigenvalue weighted by Gasteiger charge is -2.09. The van der Waals surface area contributed by atoms with Crippen LogP contribution in [-0.2, 0) is 0 Å². The highest BCUT2D eigenvalue weighted by Gasteiger charge is 2.21. The summed E-state index contributed by atoms with van der Waals surface area (Å²) in [6, 6.07) is 11.1. The number of carbonyl (C=O) groups excluding carboxylic acids is 2. The highest BCUT2D eigenvalue weighted by molar-refractivity contribution is 6.09. The summed E-state index contributed by atoms with van der Waals surface area (Å²) >= 11 is 0. The lowest BCUT2D eigenvalue weighted by atomic mass is 10.2. The van der Waals surface area contributed by atoms with Crippen LogP contribution in [0.3, 0.4) is 0 Å². The van der Waals surface area contributed by atoms with Gasteiger partial charge in [-0.15, -0.1) is 0 Å². The maximum atomic E-state index is 13.8. The van der Waals surface area contributed by atoms with Crippen LogP contribution in [0.5, 0.6) is 0 Å². The first-order valence-corrected chi connectivity index (χ1v) is 8.93. The number of pyridine rings is 1. The number of nitrogens with one attached hydrogen (secondary N) is 2. The molecular weight excluding hydrogens is 361 g/mol. The van der Waals surface area contributed by atoms with Crippen LogP contribution in [0.4, 0.5) is 10.1 Å². The van der Waals surface area contributed by atoms with E-state index >= 15 is 0 Å². The van der Waals surface area contributed by atoms with Crippen molar-refractivity contribution in [3.05, 3.63) is 66.0 Å². The topological polar surface area (TPSA) is 78.7 Å². The highest BCUT2D eigenvalue weighted by Crippen LogP contribution is 2.17. The smallest absolute Gasteiger partial charge is 0.287 e. The van der Waals surface area contributed by atoms with Crippen LogP contribution in [0.25, 0.3) is 5.52 Å². The first-order chi connectivity index (χ1) is 13.5. The third-order valence-corrected chi connectivity index (χ3v) is 4.16.